The Bertz CT molecular complexity index is 518. The standard InChI is InChI=1S/C14H17BN/c1-10-12(3)16(4)15-11(2)14(10)13-8-6-5-7-9-13/h5-9H,1-4H3/q+1. The minimum absolute atomic E-state index is 1.31. The zero-order valence-electron chi connectivity index (χ0n) is 10.4. The molecule has 0 atom stereocenters. The average Bonchev–Trinajstić information content (AvgIpc) is 2.28. The first-order valence-corrected chi connectivity index (χ1v) is 5.63. The van der Waals surface area contributed by atoms with Crippen LogP contribution in [-0.2, 0) is 7.05 Å². The molecule has 2 rings (SSSR count). The SMILES string of the molecule is Cc1b[n+](C)c(C)c(C)c1-c1ccccc1. The van der Waals surface area contributed by atoms with E-state index in [1.165, 1.54) is 27.8 Å². The molecule has 0 saturated carbocycles. The molecule has 0 aliphatic rings. The molecule has 0 aliphatic heterocycles. The maximum atomic E-state index is 2.20. The van der Waals surface area contributed by atoms with Crippen molar-refractivity contribution in [1.29, 1.82) is 0 Å². The van der Waals surface area contributed by atoms with Crippen molar-refractivity contribution in [3.05, 3.63) is 47.0 Å². The quantitative estimate of drug-likeness (QED) is 0.680. The van der Waals surface area contributed by atoms with Gasteiger partial charge in [-0.3, -0.25) is 0 Å². The molecule has 0 aliphatic carbocycles. The summed E-state index contributed by atoms with van der Waals surface area (Å²) in [7, 11) is 4.30. The van der Waals surface area contributed by atoms with Gasteiger partial charge in [-0.1, -0.05) is 0 Å². The number of rotatable bonds is 1. The summed E-state index contributed by atoms with van der Waals surface area (Å²) in [5.74, 6) is 0. The zero-order valence-corrected chi connectivity index (χ0v) is 10.4. The predicted molar refractivity (Wildman–Crippen MR) is 68.6 cm³/mol. The van der Waals surface area contributed by atoms with Crippen LogP contribution in [0, 0.1) is 20.8 Å². The van der Waals surface area contributed by atoms with E-state index in [0.717, 1.165) is 0 Å². The van der Waals surface area contributed by atoms with Gasteiger partial charge in [-0.2, -0.15) is 0 Å². The fourth-order valence-corrected chi connectivity index (χ4v) is 2.24. The van der Waals surface area contributed by atoms with E-state index >= 15 is 0 Å². The van der Waals surface area contributed by atoms with Crippen molar-refractivity contribution in [3.8, 4) is 11.1 Å². The Hall–Kier alpha value is -1.44. The number of aromatic nitrogens is 1. The van der Waals surface area contributed by atoms with Gasteiger partial charge in [-0.05, 0) is 0 Å². The van der Waals surface area contributed by atoms with Gasteiger partial charge in [0.2, 0.25) is 0 Å². The van der Waals surface area contributed by atoms with Crippen LogP contribution in [0.2, 0.25) is 0 Å². The summed E-state index contributed by atoms with van der Waals surface area (Å²) >= 11 is 0. The maximum absolute atomic E-state index is 2.20. The molecule has 0 N–H and O–H groups in total. The van der Waals surface area contributed by atoms with Gasteiger partial charge in [0, 0.05) is 0 Å². The number of benzene rings is 1. The predicted octanol–water partition coefficient (Wildman–Crippen LogP) is 2.44. The van der Waals surface area contributed by atoms with Crippen molar-refractivity contribution in [1.82, 2.24) is 0 Å². The van der Waals surface area contributed by atoms with Crippen LogP contribution in [0.4, 0.5) is 0 Å². The van der Waals surface area contributed by atoms with Crippen LogP contribution in [0.5, 0.6) is 0 Å². The molecule has 0 bridgehead atoms. The van der Waals surface area contributed by atoms with Gasteiger partial charge in [0.05, 0.1) is 0 Å². The van der Waals surface area contributed by atoms with Gasteiger partial charge in [0.25, 0.3) is 0 Å². The molecule has 1 aromatic heterocycles. The van der Waals surface area contributed by atoms with Crippen LogP contribution in [-0.4, -0.2) is 7.05 Å². The third-order valence-corrected chi connectivity index (χ3v) is 3.29. The van der Waals surface area contributed by atoms with E-state index < -0.39 is 0 Å². The second-order valence-corrected chi connectivity index (χ2v) is 4.37. The second kappa shape index (κ2) is 4.21. The van der Waals surface area contributed by atoms with Crippen molar-refractivity contribution in [3.63, 3.8) is 0 Å². The summed E-state index contributed by atoms with van der Waals surface area (Å²) in [6.45, 7) is 6.54. The van der Waals surface area contributed by atoms with Crippen LogP contribution in [0.25, 0.3) is 11.1 Å². The molecule has 0 radical (unpaired) electrons. The molecule has 0 unspecified atom stereocenters. The molecule has 1 nitrogen and oxygen atoms in total. The Labute approximate surface area is 98.0 Å². The topological polar surface area (TPSA) is 3.88 Å². The molecule has 0 amide bonds. The second-order valence-electron chi connectivity index (χ2n) is 4.37. The Morgan fingerprint density at radius 3 is 2.25 bits per heavy atom. The molecule has 80 valence electrons. The van der Waals surface area contributed by atoms with Gasteiger partial charge in [-0.25, -0.2) is 0 Å². The first kappa shape index (κ1) is 11.1. The van der Waals surface area contributed by atoms with Crippen LogP contribution in [0.15, 0.2) is 30.3 Å². The van der Waals surface area contributed by atoms with E-state index in [1.807, 2.05) is 0 Å². The molecule has 2 aromatic rings. The van der Waals surface area contributed by atoms with Gasteiger partial charge in [-0.15, -0.1) is 0 Å². The first-order valence-electron chi connectivity index (χ1n) is 5.63. The fourth-order valence-electron chi connectivity index (χ4n) is 2.24. The number of hydrogen-bond acceptors (Lipinski definition) is 0. The third kappa shape index (κ3) is 1.80. The first-order chi connectivity index (χ1) is 7.61. The molecule has 2 heteroatoms. The van der Waals surface area contributed by atoms with E-state index in [2.05, 4.69) is 69.7 Å². The van der Waals surface area contributed by atoms with Gasteiger partial charge in [0.15, 0.2) is 0 Å². The van der Waals surface area contributed by atoms with E-state index in [1.54, 1.807) is 0 Å². The Morgan fingerprint density at radius 1 is 1.00 bits per heavy atom. The molecule has 0 saturated heterocycles. The Kier molecular flexibility index (Phi) is 2.91. The molecule has 0 spiro atoms. The summed E-state index contributed by atoms with van der Waals surface area (Å²) < 4.78 is 2.19. The van der Waals surface area contributed by atoms with Crippen molar-refractivity contribution < 1.29 is 4.47 Å². The van der Waals surface area contributed by atoms with Crippen LogP contribution in [0.3, 0.4) is 0 Å². The Balaban J connectivity index is 2.71. The Morgan fingerprint density at radius 2 is 1.62 bits per heavy atom. The number of aryl methyl sites for hydroxylation is 2. The summed E-state index contributed by atoms with van der Waals surface area (Å²) in [5.41, 5.74) is 6.70. The molecule has 1 heterocycles. The number of nitrogens with zero attached hydrogens (tertiary/aromatic N) is 1. The van der Waals surface area contributed by atoms with E-state index in [9.17, 15) is 0 Å². The average molecular weight is 210 g/mol. The third-order valence-electron chi connectivity index (χ3n) is 3.29. The molecule has 1 aromatic carbocycles. The fraction of sp³-hybridized carbons (Fsp3) is 0.286. The normalized spacial score (nSPS) is 10.2. The summed E-state index contributed by atoms with van der Waals surface area (Å²) in [6.07, 6.45) is 0. The van der Waals surface area contributed by atoms with E-state index in [0.29, 0.717) is 0 Å². The van der Waals surface area contributed by atoms with Gasteiger partial charge >= 0.3 is 97.5 Å². The van der Waals surface area contributed by atoms with Crippen molar-refractivity contribution in [2.75, 3.05) is 0 Å². The van der Waals surface area contributed by atoms with E-state index in [4.69, 9.17) is 0 Å². The molecule has 16 heavy (non-hydrogen) atoms. The summed E-state index contributed by atoms with van der Waals surface area (Å²) in [5, 5.41) is 0. The zero-order chi connectivity index (χ0) is 11.7. The summed E-state index contributed by atoms with van der Waals surface area (Å²) in [4.78, 5) is 0. The number of hydrogen-bond donors (Lipinski definition) is 0. The van der Waals surface area contributed by atoms with E-state index in [-0.39, 0.29) is 0 Å². The van der Waals surface area contributed by atoms with Crippen molar-refractivity contribution in [2.45, 2.75) is 20.8 Å². The monoisotopic (exact) mass is 210 g/mol. The van der Waals surface area contributed by atoms with Crippen LogP contribution < -0.4 is 4.47 Å². The van der Waals surface area contributed by atoms with Gasteiger partial charge < -0.3 is 0 Å². The molecular weight excluding hydrogens is 193 g/mol. The van der Waals surface area contributed by atoms with Crippen molar-refractivity contribution >= 4 is 7.05 Å². The van der Waals surface area contributed by atoms with Crippen LogP contribution >= 0.6 is 0 Å². The van der Waals surface area contributed by atoms with Crippen molar-refractivity contribution in [2.24, 2.45) is 7.05 Å². The molecular formula is C14H17BN+. The van der Waals surface area contributed by atoms with Crippen LogP contribution in [0.1, 0.15) is 16.7 Å². The molecule has 0 fully saturated rings. The minimum atomic E-state index is 1.31. The van der Waals surface area contributed by atoms with Gasteiger partial charge in [0.1, 0.15) is 0 Å². The summed E-state index contributed by atoms with van der Waals surface area (Å²) in [6, 6.07) is 10.6.